The molecule has 0 saturated heterocycles. The quantitative estimate of drug-likeness (QED) is 0.435. The fraction of sp³-hybridized carbons (Fsp3) is 0.133. The smallest absolute Gasteiger partial charge is 0.399 e. The van der Waals surface area contributed by atoms with Crippen molar-refractivity contribution in [2.45, 2.75) is 16.3 Å². The van der Waals surface area contributed by atoms with Crippen molar-refractivity contribution >= 4 is 41.3 Å². The van der Waals surface area contributed by atoms with Gasteiger partial charge < -0.3 is 14.9 Å². The third-order valence-electron chi connectivity index (χ3n) is 3.21. The Balaban J connectivity index is 2.18. The average molecular weight is 453 g/mol. The molecule has 2 aromatic carbocycles. The summed E-state index contributed by atoms with van der Waals surface area (Å²) in [7, 11) is -5.63. The number of benzene rings is 2. The summed E-state index contributed by atoms with van der Waals surface area (Å²) in [6.45, 7) is 0. The van der Waals surface area contributed by atoms with Crippen LogP contribution in [0.4, 0.5) is 8.78 Å². The molecule has 0 fully saturated rings. The van der Waals surface area contributed by atoms with E-state index < -0.39 is 24.8 Å². The molecule has 0 unspecified atom stereocenters. The fourth-order valence-electron chi connectivity index (χ4n) is 1.93. The van der Waals surface area contributed by atoms with Gasteiger partial charge in [-0.25, -0.2) is 4.79 Å². The third-order valence-corrected chi connectivity index (χ3v) is 5.90. The SMILES string of the molecule is O=C(O)c1cccc(SCc2ccc(C(F)(F)P(=O)(O)O)c(Br)c2)c1. The second-order valence-electron chi connectivity index (χ2n) is 5.02. The van der Waals surface area contributed by atoms with Crippen molar-refractivity contribution in [3.63, 3.8) is 0 Å². The maximum atomic E-state index is 13.8. The lowest BCUT2D eigenvalue weighted by molar-refractivity contribution is 0.0557. The molecule has 2 rings (SSSR count). The zero-order chi connectivity index (χ0) is 18.8. The Morgan fingerprint density at radius 1 is 1.20 bits per heavy atom. The van der Waals surface area contributed by atoms with Gasteiger partial charge in [0.15, 0.2) is 0 Å². The summed E-state index contributed by atoms with van der Waals surface area (Å²) < 4.78 is 38.4. The van der Waals surface area contributed by atoms with Crippen LogP contribution in [0.15, 0.2) is 51.8 Å². The molecule has 3 N–H and O–H groups in total. The zero-order valence-electron chi connectivity index (χ0n) is 12.4. The molecule has 10 heteroatoms. The number of carbonyl (C=O) groups is 1. The molecule has 0 heterocycles. The molecule has 0 amide bonds. The number of aromatic carboxylic acids is 1. The highest BCUT2D eigenvalue weighted by Crippen LogP contribution is 2.60. The monoisotopic (exact) mass is 452 g/mol. The van der Waals surface area contributed by atoms with E-state index >= 15 is 0 Å². The van der Waals surface area contributed by atoms with Crippen LogP contribution in [0.25, 0.3) is 0 Å². The lowest BCUT2D eigenvalue weighted by Crippen LogP contribution is -2.14. The Kier molecular flexibility index (Phi) is 6.06. The Hall–Kier alpha value is -1.25. The van der Waals surface area contributed by atoms with Gasteiger partial charge in [-0.2, -0.15) is 8.78 Å². The minimum atomic E-state index is -5.63. The van der Waals surface area contributed by atoms with E-state index in [1.165, 1.54) is 36.0 Å². The number of alkyl halides is 2. The van der Waals surface area contributed by atoms with Gasteiger partial charge >= 0.3 is 19.2 Å². The van der Waals surface area contributed by atoms with Crippen LogP contribution < -0.4 is 0 Å². The van der Waals surface area contributed by atoms with Crippen LogP contribution in [0.3, 0.4) is 0 Å². The van der Waals surface area contributed by atoms with Crippen LogP contribution in [-0.4, -0.2) is 20.9 Å². The van der Waals surface area contributed by atoms with Crippen molar-refractivity contribution in [3.05, 3.63) is 63.6 Å². The van der Waals surface area contributed by atoms with E-state index in [0.717, 1.165) is 6.07 Å². The Morgan fingerprint density at radius 3 is 2.44 bits per heavy atom. The van der Waals surface area contributed by atoms with Gasteiger partial charge in [0, 0.05) is 20.7 Å². The molecule has 5 nitrogen and oxygen atoms in total. The minimum absolute atomic E-state index is 0.113. The maximum Gasteiger partial charge on any atom is 0.399 e. The molecule has 0 bridgehead atoms. The van der Waals surface area contributed by atoms with Gasteiger partial charge in [-0.05, 0) is 29.8 Å². The lowest BCUT2D eigenvalue weighted by atomic mass is 10.1. The van der Waals surface area contributed by atoms with Crippen LogP contribution in [0, 0.1) is 0 Å². The normalized spacial score (nSPS) is 12.2. The van der Waals surface area contributed by atoms with E-state index in [-0.39, 0.29) is 10.0 Å². The van der Waals surface area contributed by atoms with Gasteiger partial charge in [-0.1, -0.05) is 34.1 Å². The van der Waals surface area contributed by atoms with Crippen molar-refractivity contribution in [1.29, 1.82) is 0 Å². The topological polar surface area (TPSA) is 94.8 Å². The number of hydrogen-bond donors (Lipinski definition) is 3. The first-order chi connectivity index (χ1) is 11.5. The number of thioether (sulfide) groups is 1. The van der Waals surface area contributed by atoms with Gasteiger partial charge in [0.1, 0.15) is 0 Å². The summed E-state index contributed by atoms with van der Waals surface area (Å²) in [4.78, 5) is 29.2. The standard InChI is InChI=1S/C15H12BrF2O5PS/c16-13-6-9(4-5-12(13)15(17,18)24(21,22)23)8-25-11-3-1-2-10(7-11)14(19)20/h1-7H,8H2,(H,19,20)(H2,21,22,23). The third kappa shape index (κ3) is 4.68. The van der Waals surface area contributed by atoms with Gasteiger partial charge in [0.2, 0.25) is 0 Å². The molecule has 0 aromatic heterocycles. The number of carboxylic acid groups (broad SMARTS) is 1. The zero-order valence-corrected chi connectivity index (χ0v) is 15.7. The largest absolute Gasteiger partial charge is 0.478 e. The first-order valence-corrected chi connectivity index (χ1v) is 10.1. The predicted molar refractivity (Wildman–Crippen MR) is 93.0 cm³/mol. The number of hydrogen-bond acceptors (Lipinski definition) is 3. The summed E-state index contributed by atoms with van der Waals surface area (Å²) in [6, 6.07) is 9.95. The first-order valence-electron chi connectivity index (χ1n) is 6.71. The molecular weight excluding hydrogens is 441 g/mol. The molecular formula is C15H12BrF2O5PS. The Bertz CT molecular complexity index is 856. The fourth-order valence-corrected chi connectivity index (χ4v) is 4.17. The van der Waals surface area contributed by atoms with Gasteiger partial charge in [0.05, 0.1) is 5.56 Å². The summed E-state index contributed by atoms with van der Waals surface area (Å²) in [5.41, 5.74) is -4.30. The number of carboxylic acids is 1. The molecule has 0 aliphatic rings. The molecule has 0 aliphatic carbocycles. The van der Waals surface area contributed by atoms with E-state index in [0.29, 0.717) is 16.2 Å². The highest BCUT2D eigenvalue weighted by Gasteiger charge is 2.51. The van der Waals surface area contributed by atoms with Crippen LogP contribution in [0.5, 0.6) is 0 Å². The van der Waals surface area contributed by atoms with Gasteiger partial charge in [-0.15, -0.1) is 11.8 Å². The maximum absolute atomic E-state index is 13.8. The molecule has 0 radical (unpaired) electrons. The van der Waals surface area contributed by atoms with Crippen LogP contribution >= 0.6 is 35.3 Å². The van der Waals surface area contributed by atoms with E-state index in [4.69, 9.17) is 14.9 Å². The van der Waals surface area contributed by atoms with E-state index in [1.54, 1.807) is 12.1 Å². The van der Waals surface area contributed by atoms with Crippen molar-refractivity contribution < 1.29 is 33.0 Å². The van der Waals surface area contributed by atoms with Crippen LogP contribution in [0.1, 0.15) is 21.5 Å². The Morgan fingerprint density at radius 2 is 1.88 bits per heavy atom. The van der Waals surface area contributed by atoms with Gasteiger partial charge in [0.25, 0.3) is 0 Å². The summed E-state index contributed by atoms with van der Waals surface area (Å²) in [5.74, 6) is -0.683. The van der Waals surface area contributed by atoms with Crippen LogP contribution in [0.2, 0.25) is 0 Å². The predicted octanol–water partition coefficient (Wildman–Crippen LogP) is 4.67. The van der Waals surface area contributed by atoms with Crippen molar-refractivity contribution in [1.82, 2.24) is 0 Å². The lowest BCUT2D eigenvalue weighted by Gasteiger charge is -2.19. The highest BCUT2D eigenvalue weighted by atomic mass is 79.9. The highest BCUT2D eigenvalue weighted by molar-refractivity contribution is 9.10. The van der Waals surface area contributed by atoms with E-state index in [2.05, 4.69) is 15.9 Å². The molecule has 0 atom stereocenters. The molecule has 25 heavy (non-hydrogen) atoms. The van der Waals surface area contributed by atoms with Gasteiger partial charge in [-0.3, -0.25) is 4.57 Å². The summed E-state index contributed by atoms with van der Waals surface area (Å²) >= 11 is 4.23. The number of halogens is 3. The second kappa shape index (κ2) is 7.55. The molecule has 0 saturated carbocycles. The molecule has 2 aromatic rings. The summed E-state index contributed by atoms with van der Waals surface area (Å²) in [5, 5.41) is 8.95. The average Bonchev–Trinajstić information content (AvgIpc) is 2.52. The first kappa shape index (κ1) is 20.1. The van der Waals surface area contributed by atoms with Crippen molar-refractivity contribution in [3.8, 4) is 0 Å². The molecule has 0 spiro atoms. The second-order valence-corrected chi connectivity index (χ2v) is 8.57. The minimum Gasteiger partial charge on any atom is -0.478 e. The van der Waals surface area contributed by atoms with E-state index in [1.807, 2.05) is 0 Å². The Labute approximate surface area is 154 Å². The molecule has 134 valence electrons. The van der Waals surface area contributed by atoms with Crippen molar-refractivity contribution in [2.24, 2.45) is 0 Å². The number of rotatable bonds is 6. The van der Waals surface area contributed by atoms with Crippen LogP contribution in [-0.2, 0) is 16.0 Å². The molecule has 0 aliphatic heterocycles. The summed E-state index contributed by atoms with van der Waals surface area (Å²) in [6.07, 6.45) is 0. The van der Waals surface area contributed by atoms with Crippen molar-refractivity contribution in [2.75, 3.05) is 0 Å². The van der Waals surface area contributed by atoms with E-state index in [9.17, 15) is 18.1 Å².